The van der Waals surface area contributed by atoms with E-state index in [0.717, 1.165) is 17.7 Å². The lowest BCUT2D eigenvalue weighted by atomic mass is 10.1. The Balaban J connectivity index is 1.55. The number of hydrogen-bond donors (Lipinski definition) is 3. The fourth-order valence-electron chi connectivity index (χ4n) is 2.16. The highest BCUT2D eigenvalue weighted by Crippen LogP contribution is 2.29. The summed E-state index contributed by atoms with van der Waals surface area (Å²) in [5.74, 6) is -0.370. The summed E-state index contributed by atoms with van der Waals surface area (Å²) < 4.78 is 0.671. The zero-order chi connectivity index (χ0) is 17.1. The maximum absolute atomic E-state index is 12.3. The van der Waals surface area contributed by atoms with Crippen LogP contribution in [0.2, 0.25) is 4.34 Å². The summed E-state index contributed by atoms with van der Waals surface area (Å²) >= 11 is 7.31. The number of hydrogen-bond acceptors (Lipinski definition) is 3. The average molecular weight is 364 g/mol. The lowest BCUT2D eigenvalue weighted by Gasteiger charge is -2.11. The smallest absolute Gasteiger partial charge is 0.319 e. The van der Waals surface area contributed by atoms with Gasteiger partial charge in [-0.25, -0.2) is 4.79 Å². The Morgan fingerprint density at radius 3 is 2.25 bits per heavy atom. The van der Waals surface area contributed by atoms with Crippen LogP contribution in [0.5, 0.6) is 0 Å². The standard InChI is InChI=1S/C17H18ClN3O2S/c1-10(14-8-9-15(18)24-14)16(22)19-11-2-4-12(5-3-11)20-17(23)21-13-6-7-13/h2-5,8-10,13H,6-7H2,1H3,(H,19,22)(H2,20,21,23)/t10-/m1/s1. The molecule has 24 heavy (non-hydrogen) atoms. The van der Waals surface area contributed by atoms with Crippen molar-refractivity contribution >= 4 is 46.3 Å². The molecule has 1 aliphatic carbocycles. The first-order valence-corrected chi connectivity index (χ1v) is 8.94. The molecule has 0 saturated heterocycles. The van der Waals surface area contributed by atoms with Gasteiger partial charge >= 0.3 is 6.03 Å². The van der Waals surface area contributed by atoms with Gasteiger partial charge in [0.2, 0.25) is 5.91 Å². The molecule has 1 aromatic carbocycles. The normalized spacial score (nSPS) is 14.8. The van der Waals surface area contributed by atoms with Crippen molar-refractivity contribution < 1.29 is 9.59 Å². The van der Waals surface area contributed by atoms with Gasteiger partial charge in [-0.15, -0.1) is 11.3 Å². The Hall–Kier alpha value is -2.05. The number of carbonyl (C=O) groups excluding carboxylic acids is 2. The molecule has 5 nitrogen and oxygen atoms in total. The minimum atomic E-state index is -0.273. The summed E-state index contributed by atoms with van der Waals surface area (Å²) in [5, 5.41) is 8.49. The Bertz CT molecular complexity index is 741. The molecule has 0 radical (unpaired) electrons. The van der Waals surface area contributed by atoms with Gasteiger partial charge in [0.25, 0.3) is 0 Å². The van der Waals surface area contributed by atoms with Gasteiger partial charge in [0.05, 0.1) is 10.3 Å². The number of urea groups is 1. The third kappa shape index (κ3) is 4.49. The molecule has 0 bridgehead atoms. The van der Waals surface area contributed by atoms with Crippen LogP contribution in [-0.2, 0) is 4.79 Å². The lowest BCUT2D eigenvalue weighted by Crippen LogP contribution is -2.30. The minimum Gasteiger partial charge on any atom is -0.335 e. The maximum atomic E-state index is 12.3. The van der Waals surface area contributed by atoms with Crippen LogP contribution < -0.4 is 16.0 Å². The van der Waals surface area contributed by atoms with Gasteiger partial charge < -0.3 is 16.0 Å². The second kappa shape index (κ2) is 7.23. The van der Waals surface area contributed by atoms with Crippen LogP contribution in [0.4, 0.5) is 16.2 Å². The molecule has 0 spiro atoms. The molecule has 1 atom stereocenters. The number of halogens is 1. The fraction of sp³-hybridized carbons (Fsp3) is 0.294. The van der Waals surface area contributed by atoms with Gasteiger partial charge in [-0.2, -0.15) is 0 Å². The Morgan fingerprint density at radius 2 is 1.71 bits per heavy atom. The molecule has 7 heteroatoms. The first-order chi connectivity index (χ1) is 11.5. The largest absolute Gasteiger partial charge is 0.335 e. The molecule has 1 aromatic heterocycles. The number of amides is 3. The first-order valence-electron chi connectivity index (χ1n) is 7.75. The third-order valence-electron chi connectivity index (χ3n) is 3.74. The number of thiophene rings is 1. The lowest BCUT2D eigenvalue weighted by molar-refractivity contribution is -0.117. The average Bonchev–Trinajstić information content (AvgIpc) is 3.26. The highest BCUT2D eigenvalue weighted by atomic mass is 35.5. The fourth-order valence-corrected chi connectivity index (χ4v) is 3.27. The van der Waals surface area contributed by atoms with E-state index in [1.807, 2.05) is 13.0 Å². The monoisotopic (exact) mass is 363 g/mol. The van der Waals surface area contributed by atoms with Crippen LogP contribution in [0.15, 0.2) is 36.4 Å². The predicted molar refractivity (Wildman–Crippen MR) is 98.0 cm³/mol. The Morgan fingerprint density at radius 1 is 1.08 bits per heavy atom. The van der Waals surface area contributed by atoms with Gasteiger partial charge in [0, 0.05) is 22.3 Å². The van der Waals surface area contributed by atoms with E-state index >= 15 is 0 Å². The van der Waals surface area contributed by atoms with Crippen molar-refractivity contribution in [3.05, 3.63) is 45.6 Å². The van der Waals surface area contributed by atoms with E-state index in [2.05, 4.69) is 16.0 Å². The first kappa shape index (κ1) is 16.8. The molecular weight excluding hydrogens is 346 g/mol. The van der Waals surface area contributed by atoms with Crippen LogP contribution in [0.25, 0.3) is 0 Å². The molecule has 0 aliphatic heterocycles. The summed E-state index contributed by atoms with van der Waals surface area (Å²) in [6, 6.07) is 10.8. The van der Waals surface area contributed by atoms with Gasteiger partial charge in [-0.3, -0.25) is 4.79 Å². The predicted octanol–water partition coefficient (Wildman–Crippen LogP) is 4.43. The van der Waals surface area contributed by atoms with Crippen LogP contribution in [0.1, 0.15) is 30.6 Å². The van der Waals surface area contributed by atoms with Gasteiger partial charge in [0.1, 0.15) is 0 Å². The van der Waals surface area contributed by atoms with Gasteiger partial charge in [0.15, 0.2) is 0 Å². The van der Waals surface area contributed by atoms with E-state index in [1.54, 1.807) is 30.3 Å². The molecule has 3 amide bonds. The number of anilines is 2. The van der Waals surface area contributed by atoms with Crippen molar-refractivity contribution in [2.75, 3.05) is 10.6 Å². The Kier molecular flexibility index (Phi) is 5.06. The molecule has 3 rings (SSSR count). The molecule has 2 aromatic rings. The number of carbonyl (C=O) groups is 2. The summed E-state index contributed by atoms with van der Waals surface area (Å²) in [7, 11) is 0. The summed E-state index contributed by atoms with van der Waals surface area (Å²) in [5.41, 5.74) is 1.37. The van der Waals surface area contributed by atoms with Crippen LogP contribution in [-0.4, -0.2) is 18.0 Å². The molecule has 3 N–H and O–H groups in total. The van der Waals surface area contributed by atoms with E-state index in [-0.39, 0.29) is 17.9 Å². The zero-order valence-corrected chi connectivity index (χ0v) is 14.7. The van der Waals surface area contributed by atoms with E-state index in [1.165, 1.54) is 11.3 Å². The quantitative estimate of drug-likeness (QED) is 0.735. The second-order valence-corrected chi connectivity index (χ2v) is 7.55. The van der Waals surface area contributed by atoms with Crippen LogP contribution >= 0.6 is 22.9 Å². The number of nitrogens with one attached hydrogen (secondary N) is 3. The molecule has 1 heterocycles. The minimum absolute atomic E-state index is 0.0966. The topological polar surface area (TPSA) is 70.2 Å². The molecule has 126 valence electrons. The van der Waals surface area contributed by atoms with Crippen molar-refractivity contribution in [1.82, 2.24) is 5.32 Å². The van der Waals surface area contributed by atoms with Crippen molar-refractivity contribution in [2.24, 2.45) is 0 Å². The maximum Gasteiger partial charge on any atom is 0.319 e. The van der Waals surface area contributed by atoms with E-state index in [0.29, 0.717) is 21.8 Å². The van der Waals surface area contributed by atoms with E-state index in [4.69, 9.17) is 11.6 Å². The number of benzene rings is 1. The molecule has 0 unspecified atom stereocenters. The van der Waals surface area contributed by atoms with Crippen molar-refractivity contribution in [3.8, 4) is 0 Å². The highest BCUT2D eigenvalue weighted by Gasteiger charge is 2.23. The van der Waals surface area contributed by atoms with Gasteiger partial charge in [-0.1, -0.05) is 11.6 Å². The molecule has 1 saturated carbocycles. The summed E-state index contributed by atoms with van der Waals surface area (Å²) in [4.78, 5) is 24.9. The van der Waals surface area contributed by atoms with Gasteiger partial charge in [-0.05, 0) is 56.2 Å². The number of rotatable bonds is 5. The summed E-state index contributed by atoms with van der Waals surface area (Å²) in [6.07, 6.45) is 2.10. The zero-order valence-electron chi connectivity index (χ0n) is 13.1. The van der Waals surface area contributed by atoms with Crippen LogP contribution in [0, 0.1) is 0 Å². The van der Waals surface area contributed by atoms with E-state index < -0.39 is 0 Å². The second-order valence-electron chi connectivity index (χ2n) is 5.80. The third-order valence-corrected chi connectivity index (χ3v) is 5.15. The molecule has 1 aliphatic rings. The molecule has 1 fully saturated rings. The van der Waals surface area contributed by atoms with Crippen molar-refractivity contribution in [1.29, 1.82) is 0 Å². The summed E-state index contributed by atoms with van der Waals surface area (Å²) in [6.45, 7) is 1.84. The van der Waals surface area contributed by atoms with Crippen molar-refractivity contribution in [3.63, 3.8) is 0 Å². The highest BCUT2D eigenvalue weighted by molar-refractivity contribution is 7.16. The van der Waals surface area contributed by atoms with Crippen molar-refractivity contribution in [2.45, 2.75) is 31.7 Å². The molecular formula is C17H18ClN3O2S. The SMILES string of the molecule is C[C@@H](C(=O)Nc1ccc(NC(=O)NC2CC2)cc1)c1ccc(Cl)s1. The van der Waals surface area contributed by atoms with Crippen LogP contribution in [0.3, 0.4) is 0 Å². The van der Waals surface area contributed by atoms with E-state index in [9.17, 15) is 9.59 Å². The Labute approximate surface area is 149 Å².